The van der Waals surface area contributed by atoms with Gasteiger partial charge in [-0.25, -0.2) is 9.59 Å². The monoisotopic (exact) mass is 472 g/mol. The largest absolute Gasteiger partial charge is 0.466 e. The molecular formula is C27H37ClN2O3. The van der Waals surface area contributed by atoms with Crippen molar-refractivity contribution in [3.63, 3.8) is 0 Å². The Hall–Kier alpha value is -2.27. The maximum Gasteiger partial charge on any atom is 0.333 e. The van der Waals surface area contributed by atoms with E-state index in [9.17, 15) is 9.59 Å². The Labute approximate surface area is 203 Å². The van der Waals surface area contributed by atoms with Gasteiger partial charge in [-0.3, -0.25) is 0 Å². The number of carbonyl (C=O) groups excluding carboxylic acids is 2. The van der Waals surface area contributed by atoms with Crippen molar-refractivity contribution in [2.45, 2.75) is 65.8 Å². The van der Waals surface area contributed by atoms with Crippen LogP contribution in [0.1, 0.15) is 71.4 Å². The second-order valence-corrected chi connectivity index (χ2v) is 11.3. The van der Waals surface area contributed by atoms with E-state index in [1.54, 1.807) is 4.90 Å². The number of hydrogen-bond donors (Lipinski definition) is 1. The molecule has 3 rings (SSSR count). The van der Waals surface area contributed by atoms with Crippen LogP contribution in [0.25, 0.3) is 0 Å². The first-order valence-electron chi connectivity index (χ1n) is 11.7. The maximum atomic E-state index is 13.0. The molecule has 0 spiro atoms. The Kier molecular flexibility index (Phi) is 7.05. The summed E-state index contributed by atoms with van der Waals surface area (Å²) in [6, 6.07) is 6.04. The highest BCUT2D eigenvalue weighted by Gasteiger charge is 2.47. The van der Waals surface area contributed by atoms with Gasteiger partial charge in [-0.05, 0) is 65.7 Å². The number of amides is 2. The van der Waals surface area contributed by atoms with E-state index in [2.05, 4.69) is 58.6 Å². The van der Waals surface area contributed by atoms with Crippen LogP contribution in [0, 0.1) is 17.3 Å². The van der Waals surface area contributed by atoms with Crippen LogP contribution in [-0.2, 0) is 15.1 Å². The number of ether oxygens (including phenoxy) is 1. The minimum Gasteiger partial charge on any atom is -0.466 e. The lowest BCUT2D eigenvalue weighted by molar-refractivity contribution is -0.136. The number of methoxy groups -OCH3 is 1. The first kappa shape index (κ1) is 25.4. The number of hydrogen-bond acceptors (Lipinski definition) is 3. The predicted octanol–water partition coefficient (Wildman–Crippen LogP) is 6.39. The molecule has 1 N–H and O–H groups in total. The molecule has 1 aromatic carbocycles. The molecule has 3 atom stereocenters. The lowest BCUT2D eigenvalue weighted by Crippen LogP contribution is -2.54. The zero-order valence-electron chi connectivity index (χ0n) is 20.9. The Balaban J connectivity index is 1.86. The number of nitrogens with one attached hydrogen (secondary N) is 1. The van der Waals surface area contributed by atoms with Gasteiger partial charge >= 0.3 is 12.0 Å². The molecule has 33 heavy (non-hydrogen) atoms. The Bertz CT molecular complexity index is 992. The summed E-state index contributed by atoms with van der Waals surface area (Å²) in [5.74, 6) is 0.877. The smallest absolute Gasteiger partial charge is 0.333 e. The molecule has 2 aliphatic rings. The minimum atomic E-state index is -0.670. The molecule has 1 saturated carbocycles. The zero-order valence-corrected chi connectivity index (χ0v) is 21.7. The normalized spacial score (nSPS) is 24.9. The van der Waals surface area contributed by atoms with E-state index in [1.807, 2.05) is 19.2 Å². The third-order valence-corrected chi connectivity index (χ3v) is 7.45. The number of halogens is 1. The topological polar surface area (TPSA) is 58.6 Å². The molecule has 6 heteroatoms. The van der Waals surface area contributed by atoms with E-state index in [0.29, 0.717) is 30.4 Å². The standard InChI is InChI=1S/C27H37ClN2O3/c1-16(2)22-15-30(12-11-17(3)24(31)33-8)25(32)29-27(22,7)18-9-10-19(23(28)13-18)20-14-21(20)26(4,5)6/h9-10,13,15-16,20-21H,3,11-12,14H2,1-2,4-8H3,(H,29,32)/t20-,21?,27-/m0/s1. The Morgan fingerprint density at radius 3 is 2.55 bits per heavy atom. The summed E-state index contributed by atoms with van der Waals surface area (Å²) in [5, 5.41) is 3.96. The van der Waals surface area contributed by atoms with Crippen molar-refractivity contribution in [3.8, 4) is 0 Å². The average molecular weight is 473 g/mol. The highest BCUT2D eigenvalue weighted by atomic mass is 35.5. The van der Waals surface area contributed by atoms with Crippen LogP contribution in [0.15, 0.2) is 42.1 Å². The fourth-order valence-electron chi connectivity index (χ4n) is 4.98. The van der Waals surface area contributed by atoms with Crippen molar-refractivity contribution >= 4 is 23.6 Å². The summed E-state index contributed by atoms with van der Waals surface area (Å²) in [4.78, 5) is 26.3. The summed E-state index contributed by atoms with van der Waals surface area (Å²) in [7, 11) is 1.33. The number of urea groups is 1. The number of rotatable bonds is 7. The fraction of sp³-hybridized carbons (Fsp3) is 0.556. The molecule has 1 fully saturated rings. The molecule has 0 saturated heterocycles. The van der Waals surface area contributed by atoms with Gasteiger partial charge in [-0.2, -0.15) is 0 Å². The van der Waals surface area contributed by atoms with E-state index < -0.39 is 11.5 Å². The van der Waals surface area contributed by atoms with Crippen LogP contribution < -0.4 is 5.32 Å². The summed E-state index contributed by atoms with van der Waals surface area (Å²) < 4.78 is 4.71. The van der Waals surface area contributed by atoms with E-state index in [-0.39, 0.29) is 17.4 Å². The second-order valence-electron chi connectivity index (χ2n) is 10.9. The van der Waals surface area contributed by atoms with Crippen LogP contribution in [0.5, 0.6) is 0 Å². The molecule has 180 valence electrons. The summed E-state index contributed by atoms with van der Waals surface area (Å²) in [5.41, 5.74) is 3.19. The Morgan fingerprint density at radius 1 is 1.36 bits per heavy atom. The second kappa shape index (κ2) is 9.17. The third-order valence-electron chi connectivity index (χ3n) is 7.12. The van der Waals surface area contributed by atoms with E-state index in [0.717, 1.165) is 16.2 Å². The lowest BCUT2D eigenvalue weighted by Gasteiger charge is -2.42. The van der Waals surface area contributed by atoms with Gasteiger partial charge in [-0.1, -0.05) is 64.9 Å². The van der Waals surface area contributed by atoms with Crippen LogP contribution in [0.2, 0.25) is 5.02 Å². The minimum absolute atomic E-state index is 0.189. The van der Waals surface area contributed by atoms with Crippen molar-refractivity contribution in [2.75, 3.05) is 13.7 Å². The van der Waals surface area contributed by atoms with Gasteiger partial charge in [0.15, 0.2) is 0 Å². The average Bonchev–Trinajstić information content (AvgIpc) is 3.53. The summed E-state index contributed by atoms with van der Waals surface area (Å²) >= 11 is 6.79. The van der Waals surface area contributed by atoms with Gasteiger partial charge < -0.3 is 15.0 Å². The van der Waals surface area contributed by atoms with Crippen molar-refractivity contribution in [3.05, 3.63) is 58.3 Å². The van der Waals surface area contributed by atoms with Gasteiger partial charge in [0.2, 0.25) is 0 Å². The number of nitrogens with zero attached hydrogens (tertiary/aromatic N) is 1. The molecule has 1 aliphatic carbocycles. The molecule has 2 amide bonds. The first-order chi connectivity index (χ1) is 15.3. The number of esters is 1. The summed E-state index contributed by atoms with van der Waals surface area (Å²) in [6.07, 6.45) is 3.42. The van der Waals surface area contributed by atoms with Crippen LogP contribution >= 0.6 is 11.6 Å². The molecule has 1 unspecified atom stereocenters. The predicted molar refractivity (Wildman–Crippen MR) is 133 cm³/mol. The van der Waals surface area contributed by atoms with Crippen molar-refractivity contribution in [2.24, 2.45) is 17.3 Å². The van der Waals surface area contributed by atoms with Crippen LogP contribution in [0.3, 0.4) is 0 Å². The molecule has 0 aromatic heterocycles. The molecule has 1 heterocycles. The molecular weight excluding hydrogens is 436 g/mol. The maximum absolute atomic E-state index is 13.0. The van der Waals surface area contributed by atoms with Gasteiger partial charge in [0, 0.05) is 23.3 Å². The number of benzene rings is 1. The molecule has 1 aromatic rings. The quantitative estimate of drug-likeness (QED) is 0.369. The van der Waals surface area contributed by atoms with Crippen LogP contribution in [0.4, 0.5) is 4.79 Å². The molecule has 0 radical (unpaired) electrons. The lowest BCUT2D eigenvalue weighted by atomic mass is 9.78. The zero-order chi connectivity index (χ0) is 24.7. The third kappa shape index (κ3) is 5.13. The number of carbonyl (C=O) groups is 2. The molecule has 0 bridgehead atoms. The van der Waals surface area contributed by atoms with Crippen molar-refractivity contribution in [1.82, 2.24) is 10.2 Å². The highest BCUT2D eigenvalue weighted by Crippen LogP contribution is 2.58. The van der Waals surface area contributed by atoms with Crippen LogP contribution in [-0.4, -0.2) is 30.6 Å². The van der Waals surface area contributed by atoms with Crippen molar-refractivity contribution in [1.29, 1.82) is 0 Å². The first-order valence-corrected chi connectivity index (χ1v) is 12.0. The van der Waals surface area contributed by atoms with Gasteiger partial charge in [0.1, 0.15) is 0 Å². The SMILES string of the molecule is C=C(CCN1C=C(C(C)C)[C@](C)(c2ccc([C@@H]3CC3C(C)(C)C)c(Cl)c2)NC1=O)C(=O)OC. The van der Waals surface area contributed by atoms with Gasteiger partial charge in [-0.15, -0.1) is 0 Å². The summed E-state index contributed by atoms with van der Waals surface area (Å²) in [6.45, 7) is 17.2. The highest BCUT2D eigenvalue weighted by molar-refractivity contribution is 6.31. The van der Waals surface area contributed by atoms with E-state index in [1.165, 1.54) is 19.1 Å². The Morgan fingerprint density at radius 2 is 2.03 bits per heavy atom. The van der Waals surface area contributed by atoms with E-state index in [4.69, 9.17) is 16.3 Å². The van der Waals surface area contributed by atoms with Gasteiger partial charge in [0.25, 0.3) is 0 Å². The fourth-order valence-corrected chi connectivity index (χ4v) is 5.30. The van der Waals surface area contributed by atoms with E-state index >= 15 is 0 Å². The van der Waals surface area contributed by atoms with Crippen molar-refractivity contribution < 1.29 is 14.3 Å². The molecule has 1 aliphatic heterocycles. The molecule has 5 nitrogen and oxygen atoms in total. The van der Waals surface area contributed by atoms with Gasteiger partial charge in [0.05, 0.1) is 12.6 Å².